The highest BCUT2D eigenvalue weighted by atomic mass is 35.5. The Morgan fingerprint density at radius 3 is 2.50 bits per heavy atom. The monoisotopic (exact) mass is 215 g/mol. The van der Waals surface area contributed by atoms with Gasteiger partial charge in [-0.1, -0.05) is 37.3 Å². The van der Waals surface area contributed by atoms with Crippen molar-refractivity contribution in [3.63, 3.8) is 0 Å². The Bertz CT molecular complexity index is 228. The molecule has 0 saturated heterocycles. The predicted molar refractivity (Wildman–Crippen MR) is 62.0 cm³/mol. The van der Waals surface area contributed by atoms with E-state index in [0.717, 1.165) is 6.61 Å². The van der Waals surface area contributed by atoms with Crippen LogP contribution in [0.4, 0.5) is 0 Å². The summed E-state index contributed by atoms with van der Waals surface area (Å²) in [6.07, 6.45) is 0. The normalized spacial score (nSPS) is 11.9. The summed E-state index contributed by atoms with van der Waals surface area (Å²) in [6.45, 7) is 4.16. The molecule has 0 saturated carbocycles. The van der Waals surface area contributed by atoms with Gasteiger partial charge in [-0.25, -0.2) is 0 Å². The van der Waals surface area contributed by atoms with E-state index in [2.05, 4.69) is 31.2 Å². The second-order valence-corrected chi connectivity index (χ2v) is 3.18. The van der Waals surface area contributed by atoms with Crippen LogP contribution in [0.2, 0.25) is 0 Å². The second-order valence-electron chi connectivity index (χ2n) is 3.18. The van der Waals surface area contributed by atoms with Crippen molar-refractivity contribution in [1.82, 2.24) is 0 Å². The van der Waals surface area contributed by atoms with E-state index >= 15 is 0 Å². The van der Waals surface area contributed by atoms with E-state index in [1.807, 2.05) is 6.07 Å². The molecule has 0 spiro atoms. The first kappa shape index (κ1) is 13.4. The van der Waals surface area contributed by atoms with Gasteiger partial charge in [0.1, 0.15) is 0 Å². The van der Waals surface area contributed by atoms with E-state index < -0.39 is 0 Å². The van der Waals surface area contributed by atoms with Gasteiger partial charge in [0.25, 0.3) is 0 Å². The lowest BCUT2D eigenvalue weighted by Crippen LogP contribution is -2.12. The smallest absolute Gasteiger partial charge is 0.0589 e. The first-order chi connectivity index (χ1) is 6.34. The standard InChI is InChI=1S/C11H17NO.ClH/c1-10(9-13-8-7-12)11-5-3-2-4-6-11;/h2-6,10H,7-9,12H2,1H3;1H. The molecule has 1 aromatic rings. The molecular weight excluding hydrogens is 198 g/mol. The molecular formula is C11H18ClNO. The molecule has 0 aliphatic rings. The molecule has 14 heavy (non-hydrogen) atoms. The van der Waals surface area contributed by atoms with Crippen LogP contribution >= 0.6 is 12.4 Å². The third-order valence-corrected chi connectivity index (χ3v) is 2.00. The number of ether oxygens (including phenoxy) is 1. The first-order valence-corrected chi connectivity index (χ1v) is 4.67. The van der Waals surface area contributed by atoms with Crippen molar-refractivity contribution in [1.29, 1.82) is 0 Å². The molecule has 2 N–H and O–H groups in total. The van der Waals surface area contributed by atoms with Crippen molar-refractivity contribution < 1.29 is 4.74 Å². The van der Waals surface area contributed by atoms with Gasteiger partial charge in [0.2, 0.25) is 0 Å². The van der Waals surface area contributed by atoms with Crippen LogP contribution in [0.5, 0.6) is 0 Å². The molecule has 0 aliphatic heterocycles. The summed E-state index contributed by atoms with van der Waals surface area (Å²) >= 11 is 0. The van der Waals surface area contributed by atoms with Crippen LogP contribution in [0.3, 0.4) is 0 Å². The average molecular weight is 216 g/mol. The molecule has 3 heteroatoms. The number of halogens is 1. The van der Waals surface area contributed by atoms with Crippen molar-refractivity contribution in [3.8, 4) is 0 Å². The lowest BCUT2D eigenvalue weighted by molar-refractivity contribution is 0.130. The molecule has 1 atom stereocenters. The summed E-state index contributed by atoms with van der Waals surface area (Å²) in [5.41, 5.74) is 6.65. The summed E-state index contributed by atoms with van der Waals surface area (Å²) in [5, 5.41) is 0. The zero-order chi connectivity index (χ0) is 9.52. The minimum absolute atomic E-state index is 0. The summed E-state index contributed by atoms with van der Waals surface area (Å²) in [5.74, 6) is 0.452. The van der Waals surface area contributed by atoms with Crippen LogP contribution in [0.1, 0.15) is 18.4 Å². The SMILES string of the molecule is CC(COCCN)c1ccccc1.Cl. The zero-order valence-electron chi connectivity index (χ0n) is 8.48. The fourth-order valence-corrected chi connectivity index (χ4v) is 1.22. The highest BCUT2D eigenvalue weighted by molar-refractivity contribution is 5.85. The Morgan fingerprint density at radius 1 is 1.29 bits per heavy atom. The van der Waals surface area contributed by atoms with Gasteiger partial charge in [0.15, 0.2) is 0 Å². The van der Waals surface area contributed by atoms with Crippen molar-refractivity contribution in [2.24, 2.45) is 5.73 Å². The van der Waals surface area contributed by atoms with Crippen LogP contribution < -0.4 is 5.73 Å². The summed E-state index contributed by atoms with van der Waals surface area (Å²) in [6, 6.07) is 10.4. The van der Waals surface area contributed by atoms with Gasteiger partial charge in [0, 0.05) is 12.5 Å². The molecule has 0 amide bonds. The van der Waals surface area contributed by atoms with Gasteiger partial charge in [0.05, 0.1) is 13.2 Å². The highest BCUT2D eigenvalue weighted by Crippen LogP contribution is 2.14. The summed E-state index contributed by atoms with van der Waals surface area (Å²) in [7, 11) is 0. The number of nitrogens with two attached hydrogens (primary N) is 1. The molecule has 0 aromatic heterocycles. The third kappa shape index (κ3) is 4.61. The van der Waals surface area contributed by atoms with E-state index in [4.69, 9.17) is 10.5 Å². The molecule has 0 radical (unpaired) electrons. The quantitative estimate of drug-likeness (QED) is 0.765. The molecule has 1 aromatic carbocycles. The predicted octanol–water partition coefficient (Wildman–Crippen LogP) is 2.19. The Hall–Kier alpha value is -0.570. The Morgan fingerprint density at radius 2 is 1.93 bits per heavy atom. The van der Waals surface area contributed by atoms with Crippen molar-refractivity contribution >= 4 is 12.4 Å². The van der Waals surface area contributed by atoms with Gasteiger partial charge >= 0.3 is 0 Å². The molecule has 0 fully saturated rings. The van der Waals surface area contributed by atoms with Crippen LogP contribution in [0.15, 0.2) is 30.3 Å². The largest absolute Gasteiger partial charge is 0.380 e. The van der Waals surface area contributed by atoms with Gasteiger partial charge in [-0.05, 0) is 5.56 Å². The fraction of sp³-hybridized carbons (Fsp3) is 0.455. The maximum atomic E-state index is 5.37. The second kappa shape index (κ2) is 7.80. The van der Waals surface area contributed by atoms with E-state index in [-0.39, 0.29) is 12.4 Å². The fourth-order valence-electron chi connectivity index (χ4n) is 1.22. The molecule has 1 unspecified atom stereocenters. The van der Waals surface area contributed by atoms with E-state index in [1.165, 1.54) is 5.56 Å². The molecule has 0 aliphatic carbocycles. The van der Waals surface area contributed by atoms with Gasteiger partial charge in [-0.3, -0.25) is 0 Å². The van der Waals surface area contributed by atoms with Crippen LogP contribution in [0, 0.1) is 0 Å². The third-order valence-electron chi connectivity index (χ3n) is 2.00. The maximum Gasteiger partial charge on any atom is 0.0589 e. The van der Waals surface area contributed by atoms with E-state index in [1.54, 1.807) is 0 Å². The average Bonchev–Trinajstić information content (AvgIpc) is 2.19. The number of hydrogen-bond donors (Lipinski definition) is 1. The molecule has 0 heterocycles. The number of benzene rings is 1. The van der Waals surface area contributed by atoms with Crippen LogP contribution in [-0.4, -0.2) is 19.8 Å². The van der Waals surface area contributed by atoms with Crippen molar-refractivity contribution in [2.45, 2.75) is 12.8 Å². The molecule has 0 bridgehead atoms. The van der Waals surface area contributed by atoms with Gasteiger partial charge < -0.3 is 10.5 Å². The van der Waals surface area contributed by atoms with Crippen LogP contribution in [0.25, 0.3) is 0 Å². The maximum absolute atomic E-state index is 5.37. The lowest BCUT2D eigenvalue weighted by atomic mass is 10.0. The van der Waals surface area contributed by atoms with E-state index in [0.29, 0.717) is 19.1 Å². The minimum atomic E-state index is 0. The van der Waals surface area contributed by atoms with Crippen molar-refractivity contribution in [2.75, 3.05) is 19.8 Å². The Kier molecular flexibility index (Phi) is 7.48. The highest BCUT2D eigenvalue weighted by Gasteiger charge is 2.03. The first-order valence-electron chi connectivity index (χ1n) is 4.67. The lowest BCUT2D eigenvalue weighted by Gasteiger charge is -2.11. The van der Waals surface area contributed by atoms with E-state index in [9.17, 15) is 0 Å². The van der Waals surface area contributed by atoms with Gasteiger partial charge in [-0.2, -0.15) is 0 Å². The summed E-state index contributed by atoms with van der Waals surface area (Å²) < 4.78 is 5.37. The summed E-state index contributed by atoms with van der Waals surface area (Å²) in [4.78, 5) is 0. The van der Waals surface area contributed by atoms with Crippen LogP contribution in [-0.2, 0) is 4.74 Å². The Balaban J connectivity index is 0.00000169. The number of rotatable bonds is 5. The minimum Gasteiger partial charge on any atom is -0.380 e. The zero-order valence-corrected chi connectivity index (χ0v) is 9.30. The van der Waals surface area contributed by atoms with Crippen molar-refractivity contribution in [3.05, 3.63) is 35.9 Å². The Labute approximate surface area is 91.9 Å². The molecule has 1 rings (SSSR count). The molecule has 2 nitrogen and oxygen atoms in total. The topological polar surface area (TPSA) is 35.2 Å². The molecule has 80 valence electrons. The van der Waals surface area contributed by atoms with Gasteiger partial charge in [-0.15, -0.1) is 12.4 Å². The number of hydrogen-bond acceptors (Lipinski definition) is 2.